The Balaban J connectivity index is 1.12. The Morgan fingerprint density at radius 1 is 0.509 bits per heavy atom. The Labute approximate surface area is 309 Å². The Morgan fingerprint density at radius 2 is 1.08 bits per heavy atom. The molecule has 1 aliphatic rings. The quantitative estimate of drug-likeness (QED) is 0.184. The molecule has 10 aromatic rings. The summed E-state index contributed by atoms with van der Waals surface area (Å²) in [5.41, 5.74) is 12.1. The van der Waals surface area contributed by atoms with Crippen molar-refractivity contribution in [3.05, 3.63) is 163 Å². The van der Waals surface area contributed by atoms with E-state index in [2.05, 4.69) is 140 Å². The van der Waals surface area contributed by atoms with Gasteiger partial charge in [0.2, 0.25) is 5.95 Å². The fraction of sp³-hybridized carbons (Fsp3) is 0.0638. The van der Waals surface area contributed by atoms with Gasteiger partial charge in [0.25, 0.3) is 0 Å². The molecule has 53 heavy (non-hydrogen) atoms. The van der Waals surface area contributed by atoms with Crippen molar-refractivity contribution in [2.75, 3.05) is 0 Å². The van der Waals surface area contributed by atoms with Crippen molar-refractivity contribution in [2.24, 2.45) is 0 Å². The fourth-order valence-corrected chi connectivity index (χ4v) is 9.74. The predicted molar refractivity (Wildman–Crippen MR) is 219 cm³/mol. The number of nitrogens with zero attached hydrogens (tertiary/aromatic N) is 5. The maximum absolute atomic E-state index is 5.50. The molecule has 0 spiro atoms. The van der Waals surface area contributed by atoms with Gasteiger partial charge in [-0.1, -0.05) is 147 Å². The maximum Gasteiger partial charge on any atom is 0.238 e. The monoisotopic (exact) mass is 697 g/mol. The van der Waals surface area contributed by atoms with E-state index in [9.17, 15) is 0 Å². The van der Waals surface area contributed by atoms with Gasteiger partial charge in [-0.3, -0.25) is 4.57 Å². The minimum atomic E-state index is -0.162. The van der Waals surface area contributed by atoms with Gasteiger partial charge in [0.05, 0.1) is 26.9 Å². The first-order valence-electron chi connectivity index (χ1n) is 17.9. The van der Waals surface area contributed by atoms with Crippen LogP contribution in [0.15, 0.2) is 152 Å². The summed E-state index contributed by atoms with van der Waals surface area (Å²) in [5, 5.41) is 3.53. The van der Waals surface area contributed by atoms with E-state index in [0.717, 1.165) is 49.7 Å². The number of para-hydroxylation sites is 2. The largest absolute Gasteiger partial charge is 0.278 e. The second-order valence-corrected chi connectivity index (χ2v) is 15.3. The lowest BCUT2D eigenvalue weighted by atomic mass is 9.82. The van der Waals surface area contributed by atoms with Crippen LogP contribution in [0.5, 0.6) is 0 Å². The molecule has 0 amide bonds. The van der Waals surface area contributed by atoms with Gasteiger partial charge in [-0.05, 0) is 34.9 Å². The summed E-state index contributed by atoms with van der Waals surface area (Å²) in [6.45, 7) is 4.71. The van der Waals surface area contributed by atoms with Crippen LogP contribution >= 0.6 is 11.3 Å². The molecule has 0 saturated carbocycles. The van der Waals surface area contributed by atoms with Crippen molar-refractivity contribution >= 4 is 53.4 Å². The topological polar surface area (TPSA) is 56.5 Å². The van der Waals surface area contributed by atoms with Crippen molar-refractivity contribution < 1.29 is 0 Å². The van der Waals surface area contributed by atoms with E-state index in [1.165, 1.54) is 37.0 Å². The summed E-state index contributed by atoms with van der Waals surface area (Å²) in [5.74, 6) is 1.83. The Morgan fingerprint density at radius 3 is 1.79 bits per heavy atom. The van der Waals surface area contributed by atoms with E-state index < -0.39 is 0 Å². The third kappa shape index (κ3) is 4.42. The predicted octanol–water partition coefficient (Wildman–Crippen LogP) is 12.0. The number of thiophene rings is 1. The van der Waals surface area contributed by atoms with E-state index in [1.807, 2.05) is 41.7 Å². The molecule has 4 heterocycles. The molecule has 250 valence electrons. The van der Waals surface area contributed by atoms with Crippen molar-refractivity contribution in [2.45, 2.75) is 19.3 Å². The van der Waals surface area contributed by atoms with Crippen molar-refractivity contribution in [3.63, 3.8) is 0 Å². The summed E-state index contributed by atoms with van der Waals surface area (Å²) in [4.78, 5) is 20.8. The molecule has 0 atom stereocenters. The van der Waals surface area contributed by atoms with Gasteiger partial charge in [-0.2, -0.15) is 9.97 Å². The summed E-state index contributed by atoms with van der Waals surface area (Å²) in [6, 6.07) is 53.1. The smallest absolute Gasteiger partial charge is 0.238 e. The van der Waals surface area contributed by atoms with Crippen LogP contribution in [-0.2, 0) is 5.41 Å². The van der Waals surface area contributed by atoms with Crippen LogP contribution in [0.4, 0.5) is 0 Å². The van der Waals surface area contributed by atoms with Crippen LogP contribution in [-0.4, -0.2) is 24.5 Å². The summed E-state index contributed by atoms with van der Waals surface area (Å²) in [6.07, 6.45) is 0. The van der Waals surface area contributed by atoms with Crippen LogP contribution in [0.25, 0.3) is 93.2 Å². The van der Waals surface area contributed by atoms with Crippen molar-refractivity contribution in [3.8, 4) is 51.1 Å². The lowest BCUT2D eigenvalue weighted by molar-refractivity contribution is 0.667. The number of benzene rings is 6. The van der Waals surface area contributed by atoms with Crippen LogP contribution in [0.1, 0.15) is 25.0 Å². The second kappa shape index (κ2) is 11.2. The van der Waals surface area contributed by atoms with Crippen LogP contribution in [0, 0.1) is 0 Å². The van der Waals surface area contributed by atoms with Gasteiger partial charge in [0.15, 0.2) is 11.6 Å². The van der Waals surface area contributed by atoms with Crippen molar-refractivity contribution in [1.29, 1.82) is 0 Å². The minimum Gasteiger partial charge on any atom is -0.278 e. The number of fused-ring (bicyclic) bond motifs is 10. The molecule has 11 rings (SSSR count). The molecular formula is C47H31N5S. The van der Waals surface area contributed by atoms with Gasteiger partial charge in [-0.25, -0.2) is 9.97 Å². The number of hydrogen-bond acceptors (Lipinski definition) is 5. The minimum absolute atomic E-state index is 0.162. The van der Waals surface area contributed by atoms with Gasteiger partial charge in [-0.15, -0.1) is 11.3 Å². The van der Waals surface area contributed by atoms with Gasteiger partial charge in [0.1, 0.15) is 0 Å². The molecule has 6 heteroatoms. The third-order valence-corrected chi connectivity index (χ3v) is 12.0. The molecule has 0 N–H and O–H groups in total. The molecule has 4 aromatic heterocycles. The fourth-order valence-electron chi connectivity index (χ4n) is 8.39. The number of rotatable bonds is 4. The molecule has 0 aliphatic heterocycles. The highest BCUT2D eigenvalue weighted by atomic mass is 32.1. The normalized spacial score (nSPS) is 13.2. The summed E-state index contributed by atoms with van der Waals surface area (Å²) >= 11 is 1.86. The van der Waals surface area contributed by atoms with E-state index in [-0.39, 0.29) is 5.41 Å². The highest BCUT2D eigenvalue weighted by molar-refractivity contribution is 7.26. The molecule has 0 fully saturated rings. The molecule has 0 saturated heterocycles. The number of aromatic nitrogens is 5. The van der Waals surface area contributed by atoms with Crippen LogP contribution in [0.3, 0.4) is 0 Å². The number of hydrogen-bond donors (Lipinski definition) is 0. The first-order chi connectivity index (χ1) is 26.0. The zero-order chi connectivity index (χ0) is 35.3. The molecule has 6 aromatic carbocycles. The first kappa shape index (κ1) is 30.2. The highest BCUT2D eigenvalue weighted by Crippen LogP contribution is 2.56. The summed E-state index contributed by atoms with van der Waals surface area (Å²) < 4.78 is 4.70. The van der Waals surface area contributed by atoms with E-state index in [0.29, 0.717) is 17.6 Å². The van der Waals surface area contributed by atoms with Gasteiger partial charge in [0, 0.05) is 48.5 Å². The molecule has 5 nitrogen and oxygen atoms in total. The van der Waals surface area contributed by atoms with Gasteiger partial charge >= 0.3 is 0 Å². The molecular weight excluding hydrogens is 667 g/mol. The lowest BCUT2D eigenvalue weighted by Crippen LogP contribution is -2.15. The average molecular weight is 698 g/mol. The Kier molecular flexibility index (Phi) is 6.40. The van der Waals surface area contributed by atoms with Crippen LogP contribution < -0.4 is 0 Å². The lowest BCUT2D eigenvalue weighted by Gasteiger charge is -2.22. The Bertz CT molecular complexity index is 3030. The second-order valence-electron chi connectivity index (χ2n) is 14.3. The van der Waals surface area contributed by atoms with Gasteiger partial charge < -0.3 is 0 Å². The zero-order valence-corrected chi connectivity index (χ0v) is 29.9. The molecule has 0 radical (unpaired) electrons. The highest BCUT2D eigenvalue weighted by Gasteiger charge is 2.40. The van der Waals surface area contributed by atoms with Crippen LogP contribution in [0.2, 0.25) is 0 Å². The van der Waals surface area contributed by atoms with E-state index in [1.54, 1.807) is 0 Å². The molecule has 1 aliphatic carbocycles. The Hall–Kier alpha value is -6.50. The number of pyridine rings is 1. The SMILES string of the molecule is CC1(C)c2ccccc2-c2c(-c3ccc(-c4nc(-c5ccccc5)nc(-n5c6ccccc6c6ccccc65)n4)cc3)nc3c(sc4ccccc43)c21. The van der Waals surface area contributed by atoms with Crippen molar-refractivity contribution in [1.82, 2.24) is 24.5 Å². The van der Waals surface area contributed by atoms with E-state index in [4.69, 9.17) is 19.9 Å². The molecule has 0 unspecified atom stereocenters. The zero-order valence-electron chi connectivity index (χ0n) is 29.1. The first-order valence-corrected chi connectivity index (χ1v) is 18.7. The summed E-state index contributed by atoms with van der Waals surface area (Å²) in [7, 11) is 0. The average Bonchev–Trinajstić information content (AvgIpc) is 3.83. The maximum atomic E-state index is 5.50. The van der Waals surface area contributed by atoms with E-state index >= 15 is 0 Å². The third-order valence-electron chi connectivity index (χ3n) is 10.9. The standard InChI is InChI=1S/C47H31N5S/c1-47(2)35-20-10-6-18-33(35)39-40(47)43-42(34-19-9-13-23-38(34)53-43)48-41(39)28-24-26-30(27-25-28)45-49-44(29-14-4-3-5-15-29)50-46(51-45)52-36-21-11-7-16-31(36)32-17-8-12-22-37(32)52/h3-27H,1-2H3. The molecule has 0 bridgehead atoms.